The summed E-state index contributed by atoms with van der Waals surface area (Å²) in [5.41, 5.74) is 7.31. The molecule has 21 heavy (non-hydrogen) atoms. The molecular weight excluding hydrogens is 288 g/mol. The predicted molar refractivity (Wildman–Crippen MR) is 88.4 cm³/mol. The van der Waals surface area contributed by atoms with Gasteiger partial charge in [-0.25, -0.2) is 0 Å². The number of nitrogens with two attached hydrogens (primary N) is 1. The Kier molecular flexibility index (Phi) is 6.78. The van der Waals surface area contributed by atoms with Gasteiger partial charge >= 0.3 is 0 Å². The molecule has 5 heteroatoms. The minimum atomic E-state index is 0. The number of benzene rings is 1. The SMILES string of the molecule is COc1cc(CN2CC(C)C(N)C2)ccc1OC(C)C.Cl. The summed E-state index contributed by atoms with van der Waals surface area (Å²) < 4.78 is 11.2. The van der Waals surface area contributed by atoms with Crippen LogP contribution in [0.15, 0.2) is 18.2 Å². The van der Waals surface area contributed by atoms with Crippen LogP contribution >= 0.6 is 12.4 Å². The van der Waals surface area contributed by atoms with Gasteiger partial charge in [-0.15, -0.1) is 12.4 Å². The summed E-state index contributed by atoms with van der Waals surface area (Å²) in [6, 6.07) is 6.45. The number of likely N-dealkylation sites (tertiary alicyclic amines) is 1. The number of rotatable bonds is 5. The Hall–Kier alpha value is -0.970. The van der Waals surface area contributed by atoms with Crippen LogP contribution in [0.1, 0.15) is 26.3 Å². The van der Waals surface area contributed by atoms with Crippen molar-refractivity contribution in [3.63, 3.8) is 0 Å². The van der Waals surface area contributed by atoms with Crippen LogP contribution in [0, 0.1) is 5.92 Å². The van der Waals surface area contributed by atoms with Crippen LogP contribution in [0.2, 0.25) is 0 Å². The van der Waals surface area contributed by atoms with Crippen molar-refractivity contribution in [2.45, 2.75) is 39.5 Å². The van der Waals surface area contributed by atoms with Gasteiger partial charge in [0.1, 0.15) is 0 Å². The molecule has 0 saturated carbocycles. The number of hydrogen-bond donors (Lipinski definition) is 1. The van der Waals surface area contributed by atoms with Crippen LogP contribution in [-0.2, 0) is 6.54 Å². The first-order valence-electron chi connectivity index (χ1n) is 7.31. The quantitative estimate of drug-likeness (QED) is 0.907. The van der Waals surface area contributed by atoms with Crippen LogP contribution in [-0.4, -0.2) is 37.2 Å². The largest absolute Gasteiger partial charge is 0.493 e. The summed E-state index contributed by atoms with van der Waals surface area (Å²) in [5, 5.41) is 0. The normalized spacial score (nSPS) is 22.2. The maximum absolute atomic E-state index is 6.07. The number of ether oxygens (including phenoxy) is 2. The third kappa shape index (κ3) is 4.77. The Balaban J connectivity index is 0.00000220. The van der Waals surface area contributed by atoms with Crippen LogP contribution in [0.25, 0.3) is 0 Å². The molecule has 1 saturated heterocycles. The highest BCUT2D eigenvalue weighted by atomic mass is 35.5. The minimum Gasteiger partial charge on any atom is -0.493 e. The van der Waals surface area contributed by atoms with Gasteiger partial charge in [0.05, 0.1) is 13.2 Å². The van der Waals surface area contributed by atoms with Crippen molar-refractivity contribution >= 4 is 12.4 Å². The Morgan fingerprint density at radius 2 is 2.00 bits per heavy atom. The smallest absolute Gasteiger partial charge is 0.161 e. The Bertz CT molecular complexity index is 444. The van der Waals surface area contributed by atoms with Gasteiger partial charge < -0.3 is 15.2 Å². The van der Waals surface area contributed by atoms with E-state index in [9.17, 15) is 0 Å². The molecule has 4 nitrogen and oxygen atoms in total. The van der Waals surface area contributed by atoms with E-state index in [1.165, 1.54) is 5.56 Å². The number of hydrogen-bond acceptors (Lipinski definition) is 4. The molecule has 0 aliphatic carbocycles. The van der Waals surface area contributed by atoms with E-state index in [1.54, 1.807) is 7.11 Å². The van der Waals surface area contributed by atoms with Crippen molar-refractivity contribution in [3.8, 4) is 11.5 Å². The van der Waals surface area contributed by atoms with Crippen molar-refractivity contribution < 1.29 is 9.47 Å². The standard InChI is InChI=1S/C16H26N2O2.ClH/c1-11(2)20-15-6-5-13(7-16(15)19-4)9-18-8-12(3)14(17)10-18;/h5-7,11-12,14H,8-10,17H2,1-4H3;1H. The molecule has 2 rings (SSSR count). The second-order valence-electron chi connectivity index (χ2n) is 5.99. The van der Waals surface area contributed by atoms with Crippen molar-refractivity contribution in [3.05, 3.63) is 23.8 Å². The van der Waals surface area contributed by atoms with Crippen LogP contribution in [0.4, 0.5) is 0 Å². The van der Waals surface area contributed by atoms with Crippen LogP contribution in [0.5, 0.6) is 11.5 Å². The maximum atomic E-state index is 6.07. The van der Waals surface area contributed by atoms with Gasteiger partial charge in [0, 0.05) is 25.7 Å². The van der Waals surface area contributed by atoms with E-state index in [4.69, 9.17) is 15.2 Å². The maximum Gasteiger partial charge on any atom is 0.161 e. The Labute approximate surface area is 134 Å². The number of nitrogens with zero attached hydrogens (tertiary/aromatic N) is 1. The van der Waals surface area contributed by atoms with Gasteiger partial charge in [0.15, 0.2) is 11.5 Å². The third-order valence-corrected chi connectivity index (χ3v) is 3.74. The Morgan fingerprint density at radius 1 is 1.29 bits per heavy atom. The zero-order valence-electron chi connectivity index (χ0n) is 13.3. The molecule has 0 amide bonds. The molecule has 2 atom stereocenters. The highest BCUT2D eigenvalue weighted by molar-refractivity contribution is 5.85. The molecule has 1 aromatic rings. The molecule has 1 fully saturated rings. The lowest BCUT2D eigenvalue weighted by molar-refractivity contribution is 0.229. The van der Waals surface area contributed by atoms with E-state index >= 15 is 0 Å². The number of methoxy groups -OCH3 is 1. The highest BCUT2D eigenvalue weighted by Gasteiger charge is 2.26. The van der Waals surface area contributed by atoms with Gasteiger partial charge in [-0.2, -0.15) is 0 Å². The fraction of sp³-hybridized carbons (Fsp3) is 0.625. The van der Waals surface area contributed by atoms with Crippen LogP contribution < -0.4 is 15.2 Å². The molecule has 120 valence electrons. The average Bonchev–Trinajstić information content (AvgIpc) is 2.69. The average molecular weight is 315 g/mol. The molecule has 0 radical (unpaired) electrons. The molecule has 0 spiro atoms. The van der Waals surface area contributed by atoms with E-state index in [0.717, 1.165) is 31.1 Å². The molecule has 1 heterocycles. The number of halogens is 1. The van der Waals surface area contributed by atoms with E-state index in [-0.39, 0.29) is 18.5 Å². The Morgan fingerprint density at radius 3 is 2.52 bits per heavy atom. The topological polar surface area (TPSA) is 47.7 Å². The fourth-order valence-electron chi connectivity index (χ4n) is 2.64. The second-order valence-corrected chi connectivity index (χ2v) is 5.99. The van der Waals surface area contributed by atoms with E-state index in [0.29, 0.717) is 12.0 Å². The monoisotopic (exact) mass is 314 g/mol. The van der Waals surface area contributed by atoms with Crippen molar-refractivity contribution in [1.29, 1.82) is 0 Å². The van der Waals surface area contributed by atoms with E-state index in [1.807, 2.05) is 19.9 Å². The third-order valence-electron chi connectivity index (χ3n) is 3.74. The zero-order chi connectivity index (χ0) is 14.7. The summed E-state index contributed by atoms with van der Waals surface area (Å²) in [6.07, 6.45) is 0.146. The first-order chi connectivity index (χ1) is 9.49. The summed E-state index contributed by atoms with van der Waals surface area (Å²) in [4.78, 5) is 2.40. The summed E-state index contributed by atoms with van der Waals surface area (Å²) >= 11 is 0. The van der Waals surface area contributed by atoms with Gasteiger partial charge in [0.2, 0.25) is 0 Å². The first kappa shape index (κ1) is 18.1. The molecular formula is C16H27ClN2O2. The molecule has 1 aliphatic heterocycles. The molecule has 2 N–H and O–H groups in total. The van der Waals surface area contributed by atoms with E-state index in [2.05, 4.69) is 24.0 Å². The van der Waals surface area contributed by atoms with E-state index < -0.39 is 0 Å². The first-order valence-corrected chi connectivity index (χ1v) is 7.31. The predicted octanol–water partition coefficient (Wildman–Crippen LogP) is 2.68. The highest BCUT2D eigenvalue weighted by Crippen LogP contribution is 2.30. The van der Waals surface area contributed by atoms with Crippen molar-refractivity contribution in [2.75, 3.05) is 20.2 Å². The summed E-state index contributed by atoms with van der Waals surface area (Å²) in [7, 11) is 1.68. The van der Waals surface area contributed by atoms with Gasteiger partial charge in [0.25, 0.3) is 0 Å². The van der Waals surface area contributed by atoms with Gasteiger partial charge in [-0.3, -0.25) is 4.90 Å². The fourth-order valence-corrected chi connectivity index (χ4v) is 2.64. The van der Waals surface area contributed by atoms with Gasteiger partial charge in [-0.05, 0) is 37.5 Å². The lowest BCUT2D eigenvalue weighted by Crippen LogP contribution is -2.28. The molecule has 1 aromatic carbocycles. The summed E-state index contributed by atoms with van der Waals surface area (Å²) in [6.45, 7) is 9.18. The molecule has 0 aromatic heterocycles. The second kappa shape index (κ2) is 7.87. The lowest BCUT2D eigenvalue weighted by Gasteiger charge is -2.18. The zero-order valence-corrected chi connectivity index (χ0v) is 14.2. The van der Waals surface area contributed by atoms with Crippen molar-refractivity contribution in [2.24, 2.45) is 11.7 Å². The van der Waals surface area contributed by atoms with Gasteiger partial charge in [-0.1, -0.05) is 13.0 Å². The summed E-state index contributed by atoms with van der Waals surface area (Å²) in [5.74, 6) is 2.17. The minimum absolute atomic E-state index is 0. The van der Waals surface area contributed by atoms with Crippen molar-refractivity contribution in [1.82, 2.24) is 4.90 Å². The van der Waals surface area contributed by atoms with Crippen LogP contribution in [0.3, 0.4) is 0 Å². The molecule has 2 unspecified atom stereocenters. The lowest BCUT2D eigenvalue weighted by atomic mass is 10.1. The molecule has 0 bridgehead atoms. The molecule has 1 aliphatic rings.